The minimum absolute atomic E-state index is 0.833. The molecule has 0 saturated heterocycles. The molecule has 0 spiro atoms. The molecule has 4 nitrogen and oxygen atoms in total. The number of rotatable bonds is 4. The summed E-state index contributed by atoms with van der Waals surface area (Å²) in [5.74, 6) is 1.69. The predicted molar refractivity (Wildman–Crippen MR) is 134 cm³/mol. The minimum Gasteiger partial charge on any atom is -0.497 e. The fourth-order valence-corrected chi connectivity index (χ4v) is 4.51. The second-order valence-electron chi connectivity index (χ2n) is 8.05. The van der Waals surface area contributed by atoms with Crippen molar-refractivity contribution in [2.75, 3.05) is 14.2 Å². The van der Waals surface area contributed by atoms with Crippen LogP contribution in [-0.4, -0.2) is 23.6 Å². The van der Waals surface area contributed by atoms with E-state index in [9.17, 15) is 0 Å². The maximum atomic E-state index is 5.35. The van der Waals surface area contributed by atoms with E-state index in [1.54, 1.807) is 14.2 Å². The Morgan fingerprint density at radius 3 is 2.00 bits per heavy atom. The van der Waals surface area contributed by atoms with Crippen LogP contribution in [0.4, 0.5) is 0 Å². The molecule has 0 radical (unpaired) electrons. The quantitative estimate of drug-likeness (QED) is 0.302. The highest BCUT2D eigenvalue weighted by Gasteiger charge is 2.15. The van der Waals surface area contributed by atoms with E-state index in [1.165, 1.54) is 5.39 Å². The van der Waals surface area contributed by atoms with Gasteiger partial charge in [0.25, 0.3) is 0 Å². The molecule has 0 unspecified atom stereocenters. The zero-order valence-electron chi connectivity index (χ0n) is 18.4. The summed E-state index contributed by atoms with van der Waals surface area (Å²) in [6.07, 6.45) is 2.14. The standard InChI is InChI=1S/C29H22N2O2/c1-32-23-11-7-19(8-12-23)21-15-16-31-22(17-21)18-26-25-5-3-4-6-27(25)30-28(29(26)31)20-9-13-24(33-2)14-10-20/h3-18H,1-2H3. The number of aromatic nitrogens is 2. The van der Waals surface area contributed by atoms with Crippen LogP contribution in [-0.2, 0) is 0 Å². The average Bonchev–Trinajstić information content (AvgIpc) is 3.27. The molecular weight excluding hydrogens is 408 g/mol. The summed E-state index contributed by atoms with van der Waals surface area (Å²) in [4.78, 5) is 5.08. The lowest BCUT2D eigenvalue weighted by Crippen LogP contribution is -1.93. The number of hydrogen-bond donors (Lipinski definition) is 0. The molecule has 4 heteroatoms. The van der Waals surface area contributed by atoms with Gasteiger partial charge in [0.2, 0.25) is 0 Å². The Bertz CT molecular complexity index is 1610. The molecule has 0 aliphatic rings. The Balaban J connectivity index is 1.62. The van der Waals surface area contributed by atoms with Crippen molar-refractivity contribution in [2.24, 2.45) is 0 Å². The second-order valence-corrected chi connectivity index (χ2v) is 8.05. The first kappa shape index (κ1) is 19.4. The molecule has 160 valence electrons. The van der Waals surface area contributed by atoms with E-state index in [4.69, 9.17) is 14.5 Å². The smallest absolute Gasteiger partial charge is 0.118 e. The molecule has 0 amide bonds. The summed E-state index contributed by atoms with van der Waals surface area (Å²) in [5.41, 5.74) is 7.57. The van der Waals surface area contributed by atoms with Crippen LogP contribution >= 0.6 is 0 Å². The third-order valence-corrected chi connectivity index (χ3v) is 6.21. The summed E-state index contributed by atoms with van der Waals surface area (Å²) >= 11 is 0. The van der Waals surface area contributed by atoms with E-state index in [-0.39, 0.29) is 0 Å². The van der Waals surface area contributed by atoms with Crippen LogP contribution in [0.25, 0.3) is 49.7 Å². The Hall–Kier alpha value is -4.31. The number of para-hydroxylation sites is 1. The molecule has 0 saturated carbocycles. The second kappa shape index (κ2) is 7.68. The zero-order valence-corrected chi connectivity index (χ0v) is 18.4. The van der Waals surface area contributed by atoms with Gasteiger partial charge in [-0.1, -0.05) is 30.3 Å². The first-order valence-corrected chi connectivity index (χ1v) is 10.9. The number of nitrogens with zero attached hydrogens (tertiary/aromatic N) is 2. The van der Waals surface area contributed by atoms with Crippen LogP contribution in [0.5, 0.6) is 11.5 Å². The third-order valence-electron chi connectivity index (χ3n) is 6.21. The first-order valence-electron chi connectivity index (χ1n) is 10.9. The summed E-state index contributed by atoms with van der Waals surface area (Å²) in [5, 5.41) is 2.35. The van der Waals surface area contributed by atoms with Crippen molar-refractivity contribution in [3.05, 3.63) is 97.2 Å². The molecule has 3 heterocycles. The third kappa shape index (κ3) is 3.19. The van der Waals surface area contributed by atoms with Gasteiger partial charge >= 0.3 is 0 Å². The van der Waals surface area contributed by atoms with Crippen LogP contribution in [0.1, 0.15) is 0 Å². The summed E-state index contributed by atoms with van der Waals surface area (Å²) in [6.45, 7) is 0. The predicted octanol–water partition coefficient (Wildman–Crippen LogP) is 6.99. The van der Waals surface area contributed by atoms with Gasteiger partial charge < -0.3 is 13.9 Å². The monoisotopic (exact) mass is 430 g/mol. The summed E-state index contributed by atoms with van der Waals surface area (Å²) < 4.78 is 12.9. The molecule has 0 aliphatic heterocycles. The average molecular weight is 431 g/mol. The summed E-state index contributed by atoms with van der Waals surface area (Å²) in [6, 6.07) is 31.2. The van der Waals surface area contributed by atoms with Gasteiger partial charge in [-0.05, 0) is 71.8 Å². The Kier molecular flexibility index (Phi) is 4.51. The van der Waals surface area contributed by atoms with Crippen molar-refractivity contribution >= 4 is 27.3 Å². The Morgan fingerprint density at radius 1 is 0.636 bits per heavy atom. The highest BCUT2D eigenvalue weighted by molar-refractivity contribution is 6.12. The molecule has 6 aromatic rings. The molecule has 33 heavy (non-hydrogen) atoms. The van der Waals surface area contributed by atoms with E-state index in [1.807, 2.05) is 30.3 Å². The number of ether oxygens (including phenoxy) is 2. The van der Waals surface area contributed by atoms with Gasteiger partial charge in [-0.3, -0.25) is 0 Å². The molecule has 0 aliphatic carbocycles. The SMILES string of the molecule is COc1ccc(-c2ccn3c(c2)cc2c4ccccc4nc(-c4ccc(OC)cc4)c23)cc1. The van der Waals surface area contributed by atoms with Crippen LogP contribution in [0.15, 0.2) is 97.2 Å². The number of pyridine rings is 2. The lowest BCUT2D eigenvalue weighted by molar-refractivity contribution is 0.415. The van der Waals surface area contributed by atoms with Crippen LogP contribution in [0.2, 0.25) is 0 Å². The van der Waals surface area contributed by atoms with Gasteiger partial charge in [0.05, 0.1) is 30.9 Å². The fourth-order valence-electron chi connectivity index (χ4n) is 4.51. The topological polar surface area (TPSA) is 35.8 Å². The normalized spacial score (nSPS) is 11.3. The first-order chi connectivity index (χ1) is 16.2. The lowest BCUT2D eigenvalue weighted by Gasteiger charge is -2.10. The zero-order chi connectivity index (χ0) is 22.4. The van der Waals surface area contributed by atoms with Crippen molar-refractivity contribution in [2.45, 2.75) is 0 Å². The van der Waals surface area contributed by atoms with Crippen molar-refractivity contribution in [3.8, 4) is 33.9 Å². The molecule has 0 N–H and O–H groups in total. The molecule has 0 atom stereocenters. The van der Waals surface area contributed by atoms with E-state index >= 15 is 0 Å². The number of fused-ring (bicyclic) bond motifs is 5. The maximum Gasteiger partial charge on any atom is 0.118 e. The van der Waals surface area contributed by atoms with E-state index < -0.39 is 0 Å². The van der Waals surface area contributed by atoms with E-state index in [0.717, 1.165) is 55.8 Å². The minimum atomic E-state index is 0.833. The number of hydrogen-bond acceptors (Lipinski definition) is 3. The molecule has 3 aromatic heterocycles. The molecule has 6 rings (SSSR count). The van der Waals surface area contributed by atoms with Crippen molar-refractivity contribution in [1.29, 1.82) is 0 Å². The van der Waals surface area contributed by atoms with Crippen molar-refractivity contribution in [1.82, 2.24) is 9.38 Å². The van der Waals surface area contributed by atoms with Crippen LogP contribution < -0.4 is 9.47 Å². The highest BCUT2D eigenvalue weighted by atomic mass is 16.5. The molecule has 0 bridgehead atoms. The van der Waals surface area contributed by atoms with Gasteiger partial charge in [0.15, 0.2) is 0 Å². The Morgan fingerprint density at radius 2 is 1.30 bits per heavy atom. The van der Waals surface area contributed by atoms with Gasteiger partial charge in [-0.15, -0.1) is 0 Å². The Labute approximate surface area is 191 Å². The molecule has 3 aromatic carbocycles. The van der Waals surface area contributed by atoms with Crippen LogP contribution in [0.3, 0.4) is 0 Å². The van der Waals surface area contributed by atoms with Gasteiger partial charge in [0, 0.05) is 28.0 Å². The lowest BCUT2D eigenvalue weighted by atomic mass is 10.1. The van der Waals surface area contributed by atoms with Gasteiger partial charge in [-0.25, -0.2) is 4.98 Å². The largest absolute Gasteiger partial charge is 0.497 e. The number of methoxy groups -OCH3 is 2. The highest BCUT2D eigenvalue weighted by Crippen LogP contribution is 2.36. The van der Waals surface area contributed by atoms with Crippen molar-refractivity contribution < 1.29 is 9.47 Å². The fraction of sp³-hybridized carbons (Fsp3) is 0.0690. The maximum absolute atomic E-state index is 5.35. The van der Waals surface area contributed by atoms with Crippen LogP contribution in [0, 0.1) is 0 Å². The molecule has 0 fully saturated rings. The van der Waals surface area contributed by atoms with Crippen molar-refractivity contribution in [3.63, 3.8) is 0 Å². The number of benzene rings is 3. The van der Waals surface area contributed by atoms with E-state index in [0.29, 0.717) is 0 Å². The van der Waals surface area contributed by atoms with E-state index in [2.05, 4.69) is 71.3 Å². The van der Waals surface area contributed by atoms with Gasteiger partial charge in [-0.2, -0.15) is 0 Å². The molecular formula is C29H22N2O2. The van der Waals surface area contributed by atoms with Gasteiger partial charge in [0.1, 0.15) is 11.5 Å². The summed E-state index contributed by atoms with van der Waals surface area (Å²) in [7, 11) is 3.37.